The first-order valence-electron chi connectivity index (χ1n) is 5.87. The highest BCUT2D eigenvalue weighted by molar-refractivity contribution is 5.99. The zero-order valence-corrected chi connectivity index (χ0v) is 9.20. The Labute approximate surface area is 94.7 Å². The topological polar surface area (TPSA) is 45.2 Å². The molecule has 2 aliphatic heterocycles. The first-order chi connectivity index (χ1) is 7.83. The summed E-state index contributed by atoms with van der Waals surface area (Å²) in [6, 6.07) is 2.01. The van der Waals surface area contributed by atoms with Crippen LogP contribution in [-0.2, 0) is 11.2 Å². The van der Waals surface area contributed by atoms with E-state index in [0.29, 0.717) is 6.42 Å². The van der Waals surface area contributed by atoms with E-state index in [1.54, 1.807) is 0 Å². The Morgan fingerprint density at radius 2 is 2.06 bits per heavy atom. The van der Waals surface area contributed by atoms with Gasteiger partial charge in [-0.05, 0) is 19.3 Å². The minimum absolute atomic E-state index is 0.0765. The van der Waals surface area contributed by atoms with Gasteiger partial charge in [0, 0.05) is 36.6 Å². The van der Waals surface area contributed by atoms with Crippen LogP contribution in [0.3, 0.4) is 0 Å². The number of piperidine rings is 1. The maximum absolute atomic E-state index is 11.2. The molecule has 1 aromatic rings. The molecule has 16 heavy (non-hydrogen) atoms. The highest BCUT2D eigenvalue weighted by atomic mass is 16.1. The van der Waals surface area contributed by atoms with Gasteiger partial charge in [-0.2, -0.15) is 0 Å². The number of hydrogen-bond acceptors (Lipinski definition) is 3. The van der Waals surface area contributed by atoms with Gasteiger partial charge in [0.05, 0.1) is 6.42 Å². The average molecular weight is 217 g/mol. The van der Waals surface area contributed by atoms with Gasteiger partial charge in [0.25, 0.3) is 0 Å². The van der Waals surface area contributed by atoms with E-state index in [1.807, 2.05) is 12.3 Å². The number of nitrogens with zero attached hydrogens (tertiary/aromatic N) is 2. The predicted molar refractivity (Wildman–Crippen MR) is 62.6 cm³/mol. The first-order valence-corrected chi connectivity index (χ1v) is 5.87. The molecular formula is C12H15N3O. The van der Waals surface area contributed by atoms with Crippen LogP contribution in [0.2, 0.25) is 0 Å². The highest BCUT2D eigenvalue weighted by Crippen LogP contribution is 2.27. The largest absolute Gasteiger partial charge is 0.357 e. The third kappa shape index (κ3) is 1.64. The van der Waals surface area contributed by atoms with E-state index in [-0.39, 0.29) is 5.91 Å². The van der Waals surface area contributed by atoms with Crippen LogP contribution in [0.1, 0.15) is 24.8 Å². The Hall–Kier alpha value is -1.58. The smallest absolute Gasteiger partial charge is 0.228 e. The number of nitrogens with one attached hydrogen (secondary N) is 1. The average Bonchev–Trinajstić information content (AvgIpc) is 2.69. The SMILES string of the molecule is O=C1Cc2cnc(N3CCCCC3)cc2N1. The van der Waals surface area contributed by atoms with Crippen LogP contribution >= 0.6 is 0 Å². The second-order valence-electron chi connectivity index (χ2n) is 4.47. The van der Waals surface area contributed by atoms with E-state index >= 15 is 0 Å². The Kier molecular flexibility index (Phi) is 2.27. The van der Waals surface area contributed by atoms with E-state index in [2.05, 4.69) is 15.2 Å². The normalized spacial score (nSPS) is 19.5. The minimum atomic E-state index is 0.0765. The maximum atomic E-state index is 11.2. The summed E-state index contributed by atoms with van der Waals surface area (Å²) in [7, 11) is 0. The van der Waals surface area contributed by atoms with Crippen molar-refractivity contribution in [2.75, 3.05) is 23.3 Å². The van der Waals surface area contributed by atoms with Gasteiger partial charge in [0.15, 0.2) is 0 Å². The Balaban J connectivity index is 1.86. The zero-order chi connectivity index (χ0) is 11.0. The number of anilines is 2. The van der Waals surface area contributed by atoms with Crippen molar-refractivity contribution >= 4 is 17.4 Å². The van der Waals surface area contributed by atoms with Gasteiger partial charge >= 0.3 is 0 Å². The second-order valence-corrected chi connectivity index (χ2v) is 4.47. The molecule has 1 aromatic heterocycles. The second kappa shape index (κ2) is 3.77. The molecule has 4 heteroatoms. The number of hydrogen-bond donors (Lipinski definition) is 1. The van der Waals surface area contributed by atoms with Crippen LogP contribution in [0.25, 0.3) is 0 Å². The lowest BCUT2D eigenvalue weighted by atomic mass is 10.1. The zero-order valence-electron chi connectivity index (χ0n) is 9.20. The quantitative estimate of drug-likeness (QED) is 0.776. The van der Waals surface area contributed by atoms with Crippen LogP contribution in [0.15, 0.2) is 12.3 Å². The molecule has 1 amide bonds. The summed E-state index contributed by atoms with van der Waals surface area (Å²) in [6.07, 6.45) is 6.11. The summed E-state index contributed by atoms with van der Waals surface area (Å²) in [5.74, 6) is 1.08. The van der Waals surface area contributed by atoms with Gasteiger partial charge in [-0.15, -0.1) is 0 Å². The number of carbonyl (C=O) groups excluding carboxylic acids is 1. The molecule has 0 bridgehead atoms. The van der Waals surface area contributed by atoms with Gasteiger partial charge in [0.1, 0.15) is 5.82 Å². The molecule has 3 heterocycles. The molecule has 2 aliphatic rings. The van der Waals surface area contributed by atoms with E-state index in [4.69, 9.17) is 0 Å². The van der Waals surface area contributed by atoms with Crippen molar-refractivity contribution in [3.63, 3.8) is 0 Å². The minimum Gasteiger partial charge on any atom is -0.357 e. The molecule has 1 saturated heterocycles. The summed E-state index contributed by atoms with van der Waals surface area (Å²) >= 11 is 0. The van der Waals surface area contributed by atoms with Gasteiger partial charge < -0.3 is 10.2 Å². The van der Waals surface area contributed by atoms with Gasteiger partial charge in [-0.25, -0.2) is 4.98 Å². The fraction of sp³-hybridized carbons (Fsp3) is 0.500. The van der Waals surface area contributed by atoms with Crippen LogP contribution in [0.4, 0.5) is 11.5 Å². The number of pyridine rings is 1. The summed E-state index contributed by atoms with van der Waals surface area (Å²) in [5, 5.41) is 2.87. The van der Waals surface area contributed by atoms with Crippen molar-refractivity contribution in [3.8, 4) is 0 Å². The predicted octanol–water partition coefficient (Wildman–Crippen LogP) is 1.57. The highest BCUT2D eigenvalue weighted by Gasteiger charge is 2.20. The summed E-state index contributed by atoms with van der Waals surface area (Å²) in [6.45, 7) is 2.17. The third-order valence-corrected chi connectivity index (χ3v) is 3.28. The Morgan fingerprint density at radius 1 is 1.25 bits per heavy atom. The van der Waals surface area contributed by atoms with Gasteiger partial charge in [0.2, 0.25) is 5.91 Å². The summed E-state index contributed by atoms with van der Waals surface area (Å²) in [4.78, 5) is 18.0. The van der Waals surface area contributed by atoms with Crippen molar-refractivity contribution in [3.05, 3.63) is 17.8 Å². The standard InChI is InChI=1S/C12H15N3O/c16-12-6-9-8-13-11(7-10(9)14-12)15-4-2-1-3-5-15/h7-8H,1-6H2,(H,14,16). The van der Waals surface area contributed by atoms with Crippen molar-refractivity contribution in [2.45, 2.75) is 25.7 Å². The molecule has 1 fully saturated rings. The van der Waals surface area contributed by atoms with E-state index in [0.717, 1.165) is 30.2 Å². The van der Waals surface area contributed by atoms with E-state index in [1.165, 1.54) is 19.3 Å². The Bertz CT molecular complexity index is 424. The molecule has 0 radical (unpaired) electrons. The summed E-state index contributed by atoms with van der Waals surface area (Å²) < 4.78 is 0. The van der Waals surface area contributed by atoms with Crippen molar-refractivity contribution in [1.29, 1.82) is 0 Å². The van der Waals surface area contributed by atoms with Crippen molar-refractivity contribution in [1.82, 2.24) is 4.98 Å². The van der Waals surface area contributed by atoms with E-state index < -0.39 is 0 Å². The third-order valence-electron chi connectivity index (χ3n) is 3.28. The number of aromatic nitrogens is 1. The monoisotopic (exact) mass is 217 g/mol. The molecule has 0 aliphatic carbocycles. The lowest BCUT2D eigenvalue weighted by Crippen LogP contribution is -2.30. The fourth-order valence-corrected chi connectivity index (χ4v) is 2.39. The molecule has 0 aromatic carbocycles. The lowest BCUT2D eigenvalue weighted by Gasteiger charge is -2.27. The van der Waals surface area contributed by atoms with Gasteiger partial charge in [-0.3, -0.25) is 4.79 Å². The van der Waals surface area contributed by atoms with Gasteiger partial charge in [-0.1, -0.05) is 0 Å². The molecule has 3 rings (SSSR count). The molecule has 0 spiro atoms. The van der Waals surface area contributed by atoms with Crippen LogP contribution in [0.5, 0.6) is 0 Å². The number of carbonyl (C=O) groups is 1. The first kappa shape index (κ1) is 9.63. The molecule has 1 N–H and O–H groups in total. The van der Waals surface area contributed by atoms with Crippen molar-refractivity contribution in [2.24, 2.45) is 0 Å². The molecule has 0 unspecified atom stereocenters. The molecular weight excluding hydrogens is 202 g/mol. The lowest BCUT2D eigenvalue weighted by molar-refractivity contribution is -0.115. The molecule has 0 atom stereocenters. The van der Waals surface area contributed by atoms with Crippen LogP contribution in [-0.4, -0.2) is 24.0 Å². The molecule has 84 valence electrons. The maximum Gasteiger partial charge on any atom is 0.228 e. The van der Waals surface area contributed by atoms with E-state index in [9.17, 15) is 4.79 Å². The molecule has 4 nitrogen and oxygen atoms in total. The van der Waals surface area contributed by atoms with Crippen LogP contribution < -0.4 is 10.2 Å². The van der Waals surface area contributed by atoms with Crippen LogP contribution in [0, 0.1) is 0 Å². The molecule has 0 saturated carbocycles. The Morgan fingerprint density at radius 3 is 2.88 bits per heavy atom. The summed E-state index contributed by atoms with van der Waals surface area (Å²) in [5.41, 5.74) is 1.96. The number of fused-ring (bicyclic) bond motifs is 1. The number of rotatable bonds is 1. The van der Waals surface area contributed by atoms with Crippen molar-refractivity contribution < 1.29 is 4.79 Å². The fourth-order valence-electron chi connectivity index (χ4n) is 2.39. The number of amides is 1.